The van der Waals surface area contributed by atoms with E-state index < -0.39 is 97.5 Å². The molecule has 0 aromatic carbocycles. The van der Waals surface area contributed by atoms with Crippen molar-refractivity contribution in [3.05, 3.63) is 97.2 Å². The number of esters is 4. The molecule has 0 bridgehead atoms. The summed E-state index contributed by atoms with van der Waals surface area (Å²) in [4.78, 5) is 72.8. The van der Waals surface area contributed by atoms with Gasteiger partial charge >= 0.3 is 39.5 Å². The van der Waals surface area contributed by atoms with Gasteiger partial charge in [-0.2, -0.15) is 0 Å². The summed E-state index contributed by atoms with van der Waals surface area (Å²) >= 11 is 0. The Morgan fingerprint density at radius 3 is 0.908 bits per heavy atom. The Morgan fingerprint density at radius 2 is 0.571 bits per heavy atom. The minimum atomic E-state index is -4.99. The molecule has 98 heavy (non-hydrogen) atoms. The quantitative estimate of drug-likeness (QED) is 0.0169. The van der Waals surface area contributed by atoms with E-state index in [0.29, 0.717) is 25.7 Å². The molecule has 5 atom stereocenters. The average molecular weight is 1420 g/mol. The summed E-state index contributed by atoms with van der Waals surface area (Å²) in [6.07, 6.45) is 74.3. The Balaban J connectivity index is 5.41. The molecule has 0 saturated carbocycles. The van der Waals surface area contributed by atoms with Gasteiger partial charge in [0.05, 0.1) is 32.8 Å². The Morgan fingerprint density at radius 1 is 0.306 bits per heavy atom. The van der Waals surface area contributed by atoms with Gasteiger partial charge in [-0.1, -0.05) is 266 Å². The third-order valence-electron chi connectivity index (χ3n) is 16.0. The number of unbranched alkanes of at least 4 members (excludes halogenated alkanes) is 31. The zero-order valence-electron chi connectivity index (χ0n) is 61.7. The molecule has 0 radical (unpaired) electrons. The minimum absolute atomic E-state index is 0.0657. The Kier molecular flexibility index (Phi) is 68.4. The minimum Gasteiger partial charge on any atom is -0.462 e. The van der Waals surface area contributed by atoms with Gasteiger partial charge < -0.3 is 33.8 Å². The maximum Gasteiger partial charge on any atom is 0.472 e. The van der Waals surface area contributed by atoms with Crippen molar-refractivity contribution in [2.24, 2.45) is 0 Å². The third-order valence-corrected chi connectivity index (χ3v) is 17.9. The summed E-state index contributed by atoms with van der Waals surface area (Å²) < 4.78 is 68.3. The van der Waals surface area contributed by atoms with E-state index >= 15 is 0 Å². The van der Waals surface area contributed by atoms with Crippen LogP contribution in [0.15, 0.2) is 97.2 Å². The summed E-state index contributed by atoms with van der Waals surface area (Å²) in [6.45, 7) is 4.61. The van der Waals surface area contributed by atoms with Gasteiger partial charge in [-0.25, -0.2) is 9.13 Å². The summed E-state index contributed by atoms with van der Waals surface area (Å²) in [5, 5.41) is 10.6. The van der Waals surface area contributed by atoms with Crippen molar-refractivity contribution in [3.63, 3.8) is 0 Å². The van der Waals surface area contributed by atoms with Crippen LogP contribution in [0.5, 0.6) is 0 Å². The second kappa shape index (κ2) is 71.4. The zero-order chi connectivity index (χ0) is 71.8. The SMILES string of the molecule is CC/C=C\C/C=C\C/C=C\C/C=C\C/C=C\CC(=O)OCC(COP(=O)(O)OCC(O)COP(=O)(O)OCC(COC(=O)CCCCCCC/C=C\CCCCCCCC)OC(=O)CCCCCCC/C=C\CCCCCC)OC(=O)CCCCCCC/C=C\CCCCCCCC. The van der Waals surface area contributed by atoms with Crippen molar-refractivity contribution in [2.75, 3.05) is 39.6 Å². The largest absolute Gasteiger partial charge is 0.472 e. The molecule has 0 heterocycles. The second-order valence-electron chi connectivity index (χ2n) is 25.6. The molecule has 0 amide bonds. The molecule has 0 aromatic heterocycles. The summed E-state index contributed by atoms with van der Waals surface area (Å²) in [5.74, 6) is -2.34. The number of aliphatic hydroxyl groups is 1. The number of hydrogen-bond acceptors (Lipinski definition) is 15. The van der Waals surface area contributed by atoms with Gasteiger partial charge in [0.1, 0.15) is 19.3 Å². The summed E-state index contributed by atoms with van der Waals surface area (Å²) in [5.41, 5.74) is 0. The van der Waals surface area contributed by atoms with Crippen molar-refractivity contribution in [1.29, 1.82) is 0 Å². The maximum atomic E-state index is 13.1. The van der Waals surface area contributed by atoms with Gasteiger partial charge in [0.2, 0.25) is 0 Å². The summed E-state index contributed by atoms with van der Waals surface area (Å²) in [7, 11) is -9.97. The van der Waals surface area contributed by atoms with Crippen LogP contribution < -0.4 is 0 Å². The molecule has 0 aliphatic heterocycles. The van der Waals surface area contributed by atoms with Crippen LogP contribution in [-0.2, 0) is 65.4 Å². The fourth-order valence-corrected chi connectivity index (χ4v) is 11.7. The lowest BCUT2D eigenvalue weighted by atomic mass is 10.1. The highest BCUT2D eigenvalue weighted by Crippen LogP contribution is 2.45. The monoisotopic (exact) mass is 1420 g/mol. The Hall–Kier alpha value is -4.02. The van der Waals surface area contributed by atoms with E-state index in [9.17, 15) is 43.2 Å². The van der Waals surface area contributed by atoms with E-state index in [0.717, 1.165) is 141 Å². The average Bonchev–Trinajstić information content (AvgIpc) is 1.04. The predicted octanol–water partition coefficient (Wildman–Crippen LogP) is 22.0. The number of hydrogen-bond donors (Lipinski definition) is 3. The first kappa shape index (κ1) is 94.0. The fraction of sp³-hybridized carbons (Fsp3) is 0.747. The lowest BCUT2D eigenvalue weighted by Gasteiger charge is -2.21. The maximum absolute atomic E-state index is 13.1. The number of carbonyl (C=O) groups is 4. The van der Waals surface area contributed by atoms with Crippen molar-refractivity contribution in [3.8, 4) is 0 Å². The number of carbonyl (C=O) groups excluding carboxylic acids is 4. The highest BCUT2D eigenvalue weighted by atomic mass is 31.2. The smallest absolute Gasteiger partial charge is 0.462 e. The van der Waals surface area contributed by atoms with E-state index in [4.69, 9.17) is 37.0 Å². The van der Waals surface area contributed by atoms with Crippen LogP contribution in [0.4, 0.5) is 0 Å². The van der Waals surface area contributed by atoms with E-state index in [1.54, 1.807) is 6.08 Å². The van der Waals surface area contributed by atoms with Gasteiger partial charge in [-0.15, -0.1) is 0 Å². The molecular formula is C79H138O17P2. The van der Waals surface area contributed by atoms with Gasteiger partial charge in [0.25, 0.3) is 0 Å². The number of phosphoric ester groups is 2. The first-order valence-corrected chi connectivity index (χ1v) is 41.5. The molecule has 566 valence electrons. The van der Waals surface area contributed by atoms with Crippen LogP contribution in [0.1, 0.15) is 323 Å². The van der Waals surface area contributed by atoms with Crippen LogP contribution in [0, 0.1) is 0 Å². The van der Waals surface area contributed by atoms with E-state index in [1.165, 1.54) is 103 Å². The first-order valence-electron chi connectivity index (χ1n) is 38.5. The molecule has 0 saturated heterocycles. The molecule has 17 nitrogen and oxygen atoms in total. The van der Waals surface area contributed by atoms with Gasteiger partial charge in [-0.3, -0.25) is 37.3 Å². The second-order valence-corrected chi connectivity index (χ2v) is 28.5. The molecule has 3 N–H and O–H groups in total. The van der Waals surface area contributed by atoms with Crippen LogP contribution in [0.25, 0.3) is 0 Å². The molecular weight excluding hydrogens is 1280 g/mol. The van der Waals surface area contributed by atoms with Gasteiger partial charge in [0.15, 0.2) is 12.2 Å². The number of allylic oxidation sites excluding steroid dienone is 15. The van der Waals surface area contributed by atoms with Crippen LogP contribution in [0.2, 0.25) is 0 Å². The van der Waals surface area contributed by atoms with E-state index in [1.807, 2.05) is 18.2 Å². The molecule has 19 heteroatoms. The van der Waals surface area contributed by atoms with Crippen LogP contribution in [0.3, 0.4) is 0 Å². The van der Waals surface area contributed by atoms with Crippen molar-refractivity contribution < 1.29 is 80.2 Å². The normalized spacial score (nSPS) is 14.5. The number of aliphatic hydroxyl groups excluding tert-OH is 1. The Labute approximate surface area is 595 Å². The highest BCUT2D eigenvalue weighted by molar-refractivity contribution is 7.47. The van der Waals surface area contributed by atoms with Gasteiger partial charge in [0, 0.05) is 19.3 Å². The Bertz CT molecular complexity index is 2240. The summed E-state index contributed by atoms with van der Waals surface area (Å²) in [6, 6.07) is 0. The highest BCUT2D eigenvalue weighted by Gasteiger charge is 2.30. The number of ether oxygens (including phenoxy) is 4. The van der Waals surface area contributed by atoms with Crippen molar-refractivity contribution >= 4 is 39.5 Å². The van der Waals surface area contributed by atoms with E-state index in [-0.39, 0.29) is 25.7 Å². The predicted molar refractivity (Wildman–Crippen MR) is 399 cm³/mol. The lowest BCUT2D eigenvalue weighted by molar-refractivity contribution is -0.161. The molecule has 0 spiro atoms. The number of rotatable bonds is 72. The van der Waals surface area contributed by atoms with Crippen LogP contribution >= 0.6 is 15.6 Å². The molecule has 0 aliphatic rings. The van der Waals surface area contributed by atoms with E-state index in [2.05, 4.69) is 101 Å². The molecule has 0 rings (SSSR count). The molecule has 0 fully saturated rings. The van der Waals surface area contributed by atoms with Gasteiger partial charge in [-0.05, 0) is 128 Å². The zero-order valence-corrected chi connectivity index (χ0v) is 63.5. The first-order chi connectivity index (χ1) is 47.7. The number of phosphoric acid groups is 2. The molecule has 5 unspecified atom stereocenters. The third kappa shape index (κ3) is 70.4. The standard InChI is InChI=1S/C79H138O17P2/c1-5-9-13-17-21-25-29-33-36-40-43-47-51-55-59-63-76(81)89-69-74(95-78(83)65-61-57-53-49-45-39-32-28-24-20-16-12-8-4)71-93-97(85,86)91-67-73(80)68-92-98(87,88)94-72-75(96-79(84)66-62-58-54-50-46-42-38-35-31-27-23-19-15-11-7-3)70-90-77(82)64-60-56-52-48-44-41-37-34-30-26-22-18-14-10-6-2/h10,14,22,26,28,32-38,44,48,56,60,73-75,80H,5-9,11-13,15-21,23-25,27,29-31,39-43,45-47,49-55,57-59,61-72H2,1-4H3,(H,85,86)(H,87,88)/b14-10-,26-22-,32-28-,36-33-,37-34-,38-35-,48-44-,60-56-. The lowest BCUT2D eigenvalue weighted by Crippen LogP contribution is -2.30. The topological polar surface area (TPSA) is 237 Å². The van der Waals surface area contributed by atoms with Crippen LogP contribution in [-0.4, -0.2) is 96.7 Å². The molecule has 0 aromatic rings. The fourth-order valence-electron chi connectivity index (χ4n) is 10.2. The molecule has 0 aliphatic carbocycles. The van der Waals surface area contributed by atoms with Crippen molar-refractivity contribution in [2.45, 2.75) is 341 Å². The van der Waals surface area contributed by atoms with Crippen molar-refractivity contribution in [1.82, 2.24) is 0 Å².